The molecule has 3 aliphatic rings. The molecule has 1 aliphatic carbocycles. The summed E-state index contributed by atoms with van der Waals surface area (Å²) >= 11 is 0. The molecular formula is C12H22N2O3S. The second-order valence-corrected chi connectivity index (χ2v) is 7.79. The molecule has 0 amide bonds. The Hall–Kier alpha value is -0.170. The number of ether oxygens (including phenoxy) is 1. The summed E-state index contributed by atoms with van der Waals surface area (Å²) in [5.41, 5.74) is -0.0714. The van der Waals surface area contributed by atoms with Crippen LogP contribution in [0.1, 0.15) is 32.1 Å². The summed E-state index contributed by atoms with van der Waals surface area (Å²) in [4.78, 5) is 0. The summed E-state index contributed by atoms with van der Waals surface area (Å²) in [6, 6.07) is -0.0214. The lowest BCUT2D eigenvalue weighted by Crippen LogP contribution is -2.43. The largest absolute Gasteiger partial charge is 0.373 e. The van der Waals surface area contributed by atoms with Crippen molar-refractivity contribution in [3.05, 3.63) is 0 Å². The van der Waals surface area contributed by atoms with Crippen LogP contribution in [0.4, 0.5) is 0 Å². The Morgan fingerprint density at radius 2 is 2.00 bits per heavy atom. The molecule has 1 atom stereocenters. The van der Waals surface area contributed by atoms with Crippen LogP contribution in [-0.2, 0) is 14.8 Å². The van der Waals surface area contributed by atoms with E-state index >= 15 is 0 Å². The lowest BCUT2D eigenvalue weighted by atomic mass is 9.88. The van der Waals surface area contributed by atoms with Gasteiger partial charge in [-0.15, -0.1) is 0 Å². The summed E-state index contributed by atoms with van der Waals surface area (Å²) < 4.78 is 32.6. The first-order valence-electron chi connectivity index (χ1n) is 6.92. The molecule has 104 valence electrons. The Bertz CT molecular complexity index is 400. The van der Waals surface area contributed by atoms with E-state index in [1.165, 1.54) is 0 Å². The quantitative estimate of drug-likeness (QED) is 0.770. The molecular weight excluding hydrogens is 252 g/mol. The molecule has 1 spiro atoms. The van der Waals surface area contributed by atoms with E-state index in [0.29, 0.717) is 18.3 Å². The molecule has 5 nitrogen and oxygen atoms in total. The minimum Gasteiger partial charge on any atom is -0.373 e. The predicted molar refractivity (Wildman–Crippen MR) is 68.8 cm³/mol. The monoisotopic (exact) mass is 274 g/mol. The van der Waals surface area contributed by atoms with Gasteiger partial charge in [0.15, 0.2) is 0 Å². The van der Waals surface area contributed by atoms with Crippen molar-refractivity contribution in [2.45, 2.75) is 43.7 Å². The van der Waals surface area contributed by atoms with Crippen LogP contribution in [0.5, 0.6) is 0 Å². The molecule has 2 aliphatic heterocycles. The average Bonchev–Trinajstić information content (AvgIpc) is 3.03. The SMILES string of the molecule is O=S(=O)(CC1CC1)N[C@H]1COC2(CCNCC2)C1. The summed E-state index contributed by atoms with van der Waals surface area (Å²) in [6.45, 7) is 2.48. The zero-order valence-electron chi connectivity index (χ0n) is 10.7. The van der Waals surface area contributed by atoms with Gasteiger partial charge in [0, 0.05) is 6.04 Å². The highest BCUT2D eigenvalue weighted by atomic mass is 32.2. The molecule has 1 saturated carbocycles. The molecule has 2 N–H and O–H groups in total. The highest BCUT2D eigenvalue weighted by molar-refractivity contribution is 7.89. The van der Waals surface area contributed by atoms with Crippen molar-refractivity contribution in [3.8, 4) is 0 Å². The van der Waals surface area contributed by atoms with E-state index in [9.17, 15) is 8.42 Å². The van der Waals surface area contributed by atoms with Crippen LogP contribution in [0.2, 0.25) is 0 Å². The van der Waals surface area contributed by atoms with Gasteiger partial charge >= 0.3 is 0 Å². The molecule has 2 saturated heterocycles. The van der Waals surface area contributed by atoms with Gasteiger partial charge in [0.2, 0.25) is 10.0 Å². The Morgan fingerprint density at radius 3 is 2.67 bits per heavy atom. The minimum absolute atomic E-state index is 0.0214. The van der Waals surface area contributed by atoms with Crippen molar-refractivity contribution in [2.75, 3.05) is 25.4 Å². The van der Waals surface area contributed by atoms with Crippen molar-refractivity contribution >= 4 is 10.0 Å². The maximum Gasteiger partial charge on any atom is 0.212 e. The van der Waals surface area contributed by atoms with Crippen LogP contribution in [0.15, 0.2) is 0 Å². The maximum absolute atomic E-state index is 11.9. The average molecular weight is 274 g/mol. The number of hydrogen-bond acceptors (Lipinski definition) is 4. The molecule has 0 aromatic carbocycles. The van der Waals surface area contributed by atoms with Crippen molar-refractivity contribution in [1.82, 2.24) is 10.0 Å². The fourth-order valence-electron chi connectivity index (χ4n) is 3.05. The van der Waals surface area contributed by atoms with E-state index in [2.05, 4.69) is 10.0 Å². The zero-order valence-corrected chi connectivity index (χ0v) is 11.5. The Balaban J connectivity index is 1.55. The first-order chi connectivity index (χ1) is 8.57. The topological polar surface area (TPSA) is 67.4 Å². The van der Waals surface area contributed by atoms with E-state index in [4.69, 9.17) is 4.74 Å². The van der Waals surface area contributed by atoms with Gasteiger partial charge in [0.1, 0.15) is 0 Å². The van der Waals surface area contributed by atoms with Crippen LogP contribution in [0, 0.1) is 5.92 Å². The fourth-order valence-corrected chi connectivity index (χ4v) is 4.76. The van der Waals surface area contributed by atoms with Gasteiger partial charge in [-0.2, -0.15) is 0 Å². The summed E-state index contributed by atoms with van der Waals surface area (Å²) in [5.74, 6) is 0.704. The lowest BCUT2D eigenvalue weighted by molar-refractivity contribution is -0.0193. The third-order valence-corrected chi connectivity index (χ3v) is 5.82. The van der Waals surface area contributed by atoms with Gasteiger partial charge < -0.3 is 10.1 Å². The molecule has 0 radical (unpaired) electrons. The Morgan fingerprint density at radius 1 is 1.28 bits per heavy atom. The van der Waals surface area contributed by atoms with Crippen molar-refractivity contribution < 1.29 is 13.2 Å². The van der Waals surface area contributed by atoms with Gasteiger partial charge in [-0.25, -0.2) is 13.1 Å². The van der Waals surface area contributed by atoms with E-state index in [1.54, 1.807) is 0 Å². The standard InChI is InChI=1S/C12H22N2O3S/c15-18(16,9-10-1-2-10)14-11-7-12(17-8-11)3-5-13-6-4-12/h10-11,13-14H,1-9H2/t11-/m1/s1. The fraction of sp³-hybridized carbons (Fsp3) is 1.00. The molecule has 3 fully saturated rings. The Kier molecular flexibility index (Phi) is 3.38. The molecule has 0 aromatic heterocycles. The summed E-state index contributed by atoms with van der Waals surface area (Å²) in [6.07, 6.45) is 4.95. The zero-order chi connectivity index (χ0) is 12.6. The molecule has 3 rings (SSSR count). The lowest BCUT2D eigenvalue weighted by Gasteiger charge is -2.32. The third-order valence-electron chi connectivity index (χ3n) is 4.22. The summed E-state index contributed by atoms with van der Waals surface area (Å²) in [7, 11) is -3.10. The second-order valence-electron chi connectivity index (χ2n) is 5.99. The van der Waals surface area contributed by atoms with E-state index in [1.807, 2.05) is 0 Å². The first-order valence-corrected chi connectivity index (χ1v) is 8.57. The van der Waals surface area contributed by atoms with Crippen LogP contribution in [0.25, 0.3) is 0 Å². The Labute approximate surface area is 109 Å². The van der Waals surface area contributed by atoms with Crippen molar-refractivity contribution in [1.29, 1.82) is 0 Å². The van der Waals surface area contributed by atoms with Crippen LogP contribution >= 0.6 is 0 Å². The van der Waals surface area contributed by atoms with Gasteiger partial charge in [-0.1, -0.05) is 0 Å². The summed E-state index contributed by atoms with van der Waals surface area (Å²) in [5, 5.41) is 3.31. The van der Waals surface area contributed by atoms with Crippen LogP contribution in [-0.4, -0.2) is 45.5 Å². The van der Waals surface area contributed by atoms with Crippen molar-refractivity contribution in [3.63, 3.8) is 0 Å². The van der Waals surface area contributed by atoms with Gasteiger partial charge in [0.05, 0.1) is 18.0 Å². The molecule has 0 bridgehead atoms. The maximum atomic E-state index is 11.9. The number of nitrogens with one attached hydrogen (secondary N) is 2. The van der Waals surface area contributed by atoms with Crippen LogP contribution in [0.3, 0.4) is 0 Å². The highest BCUT2D eigenvalue weighted by Gasteiger charge is 2.42. The van der Waals surface area contributed by atoms with Crippen molar-refractivity contribution in [2.24, 2.45) is 5.92 Å². The molecule has 6 heteroatoms. The molecule has 0 unspecified atom stereocenters. The van der Waals surface area contributed by atoms with E-state index in [0.717, 1.165) is 45.2 Å². The number of hydrogen-bond donors (Lipinski definition) is 2. The predicted octanol–water partition coefficient (Wildman–Crippen LogP) is 0.227. The normalized spacial score (nSPS) is 31.9. The van der Waals surface area contributed by atoms with Crippen LogP contribution < -0.4 is 10.0 Å². The van der Waals surface area contributed by atoms with Gasteiger partial charge in [-0.05, 0) is 51.1 Å². The second kappa shape index (κ2) is 4.74. The van der Waals surface area contributed by atoms with Gasteiger partial charge in [-0.3, -0.25) is 0 Å². The highest BCUT2D eigenvalue weighted by Crippen LogP contribution is 2.35. The molecule has 0 aromatic rings. The number of piperidine rings is 1. The van der Waals surface area contributed by atoms with Gasteiger partial charge in [0.25, 0.3) is 0 Å². The molecule has 2 heterocycles. The number of rotatable bonds is 4. The smallest absolute Gasteiger partial charge is 0.212 e. The number of sulfonamides is 1. The van der Waals surface area contributed by atoms with E-state index in [-0.39, 0.29) is 11.6 Å². The minimum atomic E-state index is -3.10. The first kappa shape index (κ1) is 12.8. The molecule has 18 heavy (non-hydrogen) atoms. The van der Waals surface area contributed by atoms with E-state index < -0.39 is 10.0 Å². The third kappa shape index (κ3) is 3.04.